The Bertz CT molecular complexity index is 1050. The molecule has 0 saturated heterocycles. The zero-order valence-corrected chi connectivity index (χ0v) is 14.7. The topological polar surface area (TPSA) is 101 Å². The number of hydrogen-bond acceptors (Lipinski definition) is 6. The third-order valence-electron chi connectivity index (χ3n) is 4.11. The number of fused-ring (bicyclic) bond motifs is 1. The molecule has 1 aliphatic heterocycles. The maximum Gasteiger partial charge on any atom is 0.416 e. The van der Waals surface area contributed by atoms with Crippen LogP contribution in [0.15, 0.2) is 42.5 Å². The lowest BCUT2D eigenvalue weighted by Gasteiger charge is -2.10. The van der Waals surface area contributed by atoms with Crippen LogP contribution in [0.2, 0.25) is 0 Å². The molecule has 1 amide bonds. The zero-order chi connectivity index (χ0) is 20.4. The van der Waals surface area contributed by atoms with Gasteiger partial charge >= 0.3 is 6.18 Å². The average molecular weight is 405 g/mol. The van der Waals surface area contributed by atoms with Crippen LogP contribution in [0.25, 0.3) is 0 Å². The number of aromatic amines is 1. The van der Waals surface area contributed by atoms with Crippen molar-refractivity contribution in [3.05, 3.63) is 59.3 Å². The van der Waals surface area contributed by atoms with Gasteiger partial charge in [0.2, 0.25) is 6.79 Å². The fourth-order valence-electron chi connectivity index (χ4n) is 2.71. The fourth-order valence-corrected chi connectivity index (χ4v) is 2.71. The van der Waals surface area contributed by atoms with Gasteiger partial charge in [-0.25, -0.2) is 0 Å². The largest absolute Gasteiger partial charge is 0.454 e. The molecule has 3 N–H and O–H groups in total. The minimum Gasteiger partial charge on any atom is -0.454 e. The molecular weight excluding hydrogens is 391 g/mol. The van der Waals surface area contributed by atoms with Crippen LogP contribution in [-0.2, 0) is 12.7 Å². The van der Waals surface area contributed by atoms with E-state index in [1.54, 1.807) is 12.1 Å². The number of anilines is 2. The van der Waals surface area contributed by atoms with E-state index in [1.807, 2.05) is 6.07 Å². The van der Waals surface area contributed by atoms with E-state index in [9.17, 15) is 18.0 Å². The summed E-state index contributed by atoms with van der Waals surface area (Å²) in [5.74, 6) is 0.724. The number of ether oxygens (including phenoxy) is 2. The van der Waals surface area contributed by atoms with Crippen LogP contribution in [0.5, 0.6) is 11.5 Å². The Balaban J connectivity index is 1.44. The number of carbonyl (C=O) groups excluding carboxylic acids is 1. The van der Waals surface area contributed by atoms with Crippen molar-refractivity contribution in [3.63, 3.8) is 0 Å². The van der Waals surface area contributed by atoms with Crippen molar-refractivity contribution in [2.24, 2.45) is 0 Å². The first-order chi connectivity index (χ1) is 13.9. The number of rotatable bonds is 5. The molecule has 3 aromatic rings. The normalized spacial score (nSPS) is 12.7. The molecule has 1 aromatic heterocycles. The van der Waals surface area contributed by atoms with E-state index in [2.05, 4.69) is 26.0 Å². The van der Waals surface area contributed by atoms with E-state index in [4.69, 9.17) is 9.47 Å². The van der Waals surface area contributed by atoms with E-state index < -0.39 is 17.6 Å². The van der Waals surface area contributed by atoms with Crippen molar-refractivity contribution >= 4 is 17.4 Å². The number of nitrogens with zero attached hydrogens (tertiary/aromatic N) is 2. The molecule has 4 rings (SSSR count). The Kier molecular flexibility index (Phi) is 4.71. The van der Waals surface area contributed by atoms with Crippen LogP contribution in [0, 0.1) is 0 Å². The number of carbonyl (C=O) groups is 1. The first-order valence-electron chi connectivity index (χ1n) is 8.42. The van der Waals surface area contributed by atoms with E-state index in [0.29, 0.717) is 18.0 Å². The van der Waals surface area contributed by atoms with Gasteiger partial charge < -0.3 is 20.1 Å². The van der Waals surface area contributed by atoms with Gasteiger partial charge in [0.1, 0.15) is 0 Å². The number of amides is 1. The highest BCUT2D eigenvalue weighted by Gasteiger charge is 2.30. The molecule has 150 valence electrons. The molecule has 0 saturated carbocycles. The van der Waals surface area contributed by atoms with Crippen LogP contribution in [0.1, 0.15) is 21.6 Å². The third kappa shape index (κ3) is 4.08. The van der Waals surface area contributed by atoms with E-state index in [0.717, 1.165) is 17.7 Å². The van der Waals surface area contributed by atoms with Crippen molar-refractivity contribution < 1.29 is 27.4 Å². The maximum atomic E-state index is 12.8. The second-order valence-electron chi connectivity index (χ2n) is 6.09. The van der Waals surface area contributed by atoms with Gasteiger partial charge in [0.15, 0.2) is 23.0 Å². The summed E-state index contributed by atoms with van der Waals surface area (Å²) >= 11 is 0. The van der Waals surface area contributed by atoms with Gasteiger partial charge in [-0.2, -0.15) is 18.4 Å². The van der Waals surface area contributed by atoms with Crippen molar-refractivity contribution in [2.75, 3.05) is 17.4 Å². The summed E-state index contributed by atoms with van der Waals surface area (Å²) in [6.07, 6.45) is -4.51. The van der Waals surface area contributed by atoms with Gasteiger partial charge in [-0.1, -0.05) is 12.1 Å². The summed E-state index contributed by atoms with van der Waals surface area (Å²) in [6, 6.07) is 9.71. The molecule has 1 aliphatic rings. The van der Waals surface area contributed by atoms with Gasteiger partial charge in [0.25, 0.3) is 5.91 Å². The molecule has 11 heteroatoms. The molecule has 0 aliphatic carbocycles. The molecule has 2 aromatic carbocycles. The summed E-state index contributed by atoms with van der Waals surface area (Å²) in [5, 5.41) is 15.3. The highest BCUT2D eigenvalue weighted by Crippen LogP contribution is 2.33. The molecule has 0 atom stereocenters. The molecule has 0 spiro atoms. The predicted molar refractivity (Wildman–Crippen MR) is 95.7 cm³/mol. The Morgan fingerprint density at radius 2 is 1.93 bits per heavy atom. The number of nitrogens with one attached hydrogen (secondary N) is 3. The summed E-state index contributed by atoms with van der Waals surface area (Å²) in [5.41, 5.74) is -0.101. The van der Waals surface area contributed by atoms with Crippen molar-refractivity contribution in [1.82, 2.24) is 15.4 Å². The molecule has 0 bridgehead atoms. The fraction of sp³-hybridized carbons (Fsp3) is 0.167. The second-order valence-corrected chi connectivity index (χ2v) is 6.09. The van der Waals surface area contributed by atoms with Gasteiger partial charge in [0.05, 0.1) is 5.56 Å². The lowest BCUT2D eigenvalue weighted by atomic mass is 10.2. The number of H-pyrrole nitrogens is 1. The Morgan fingerprint density at radius 1 is 1.10 bits per heavy atom. The smallest absolute Gasteiger partial charge is 0.416 e. The Morgan fingerprint density at radius 3 is 2.76 bits per heavy atom. The minimum atomic E-state index is -4.51. The van der Waals surface area contributed by atoms with Crippen LogP contribution >= 0.6 is 0 Å². The maximum absolute atomic E-state index is 12.8. The van der Waals surface area contributed by atoms with Gasteiger partial charge in [-0.3, -0.25) is 4.79 Å². The minimum absolute atomic E-state index is 0.00505. The predicted octanol–water partition coefficient (Wildman–Crippen LogP) is 3.42. The highest BCUT2D eigenvalue weighted by atomic mass is 19.4. The SMILES string of the molecule is O=C(Nc1cccc(C(F)(F)F)c1)c1n[nH]nc1NCc1ccc2c(c1)OCO2. The molecule has 0 radical (unpaired) electrons. The Labute approximate surface area is 162 Å². The van der Waals surface area contributed by atoms with E-state index in [1.165, 1.54) is 12.1 Å². The first kappa shape index (κ1) is 18.6. The van der Waals surface area contributed by atoms with Gasteiger partial charge in [-0.05, 0) is 35.9 Å². The van der Waals surface area contributed by atoms with E-state index in [-0.39, 0.29) is 24.0 Å². The third-order valence-corrected chi connectivity index (χ3v) is 4.11. The number of hydrogen-bond donors (Lipinski definition) is 3. The summed E-state index contributed by atoms with van der Waals surface area (Å²) in [6.45, 7) is 0.475. The molecule has 8 nitrogen and oxygen atoms in total. The van der Waals surface area contributed by atoms with Crippen molar-refractivity contribution in [3.8, 4) is 11.5 Å². The lowest BCUT2D eigenvalue weighted by molar-refractivity contribution is -0.137. The molecular formula is C18H14F3N5O3. The number of halogens is 3. The number of aromatic nitrogens is 3. The first-order valence-corrected chi connectivity index (χ1v) is 8.42. The van der Waals surface area contributed by atoms with E-state index >= 15 is 0 Å². The number of benzene rings is 2. The van der Waals surface area contributed by atoms with Crippen molar-refractivity contribution in [1.29, 1.82) is 0 Å². The standard InChI is InChI=1S/C18H14F3N5O3/c19-18(20,21)11-2-1-3-12(7-11)23-17(27)15-16(25-26-24-15)22-8-10-4-5-13-14(6-10)29-9-28-13/h1-7H,8-9H2,(H,23,27)(H2,22,24,25,26). The van der Waals surface area contributed by atoms with Crippen LogP contribution < -0.4 is 20.1 Å². The van der Waals surface area contributed by atoms with Crippen LogP contribution in [-0.4, -0.2) is 28.1 Å². The number of alkyl halides is 3. The molecule has 0 fully saturated rings. The quantitative estimate of drug-likeness (QED) is 0.601. The van der Waals surface area contributed by atoms with Crippen LogP contribution in [0.3, 0.4) is 0 Å². The average Bonchev–Trinajstić information content (AvgIpc) is 3.34. The summed E-state index contributed by atoms with van der Waals surface area (Å²) in [4.78, 5) is 12.4. The molecule has 2 heterocycles. The zero-order valence-electron chi connectivity index (χ0n) is 14.7. The highest BCUT2D eigenvalue weighted by molar-refractivity contribution is 6.05. The Hall–Kier alpha value is -3.76. The summed E-state index contributed by atoms with van der Waals surface area (Å²) in [7, 11) is 0. The lowest BCUT2D eigenvalue weighted by Crippen LogP contribution is -2.16. The van der Waals surface area contributed by atoms with Gasteiger partial charge in [-0.15, -0.1) is 10.2 Å². The van der Waals surface area contributed by atoms with Gasteiger partial charge in [0, 0.05) is 12.2 Å². The van der Waals surface area contributed by atoms with Crippen LogP contribution in [0.4, 0.5) is 24.7 Å². The molecule has 0 unspecified atom stereocenters. The monoisotopic (exact) mass is 405 g/mol. The second kappa shape index (κ2) is 7.34. The molecule has 29 heavy (non-hydrogen) atoms. The summed E-state index contributed by atoms with van der Waals surface area (Å²) < 4.78 is 49.0. The van der Waals surface area contributed by atoms with Crippen molar-refractivity contribution in [2.45, 2.75) is 12.7 Å².